The zero-order valence-corrected chi connectivity index (χ0v) is 9.81. The summed E-state index contributed by atoms with van der Waals surface area (Å²) in [5.74, 6) is -0.409. The Labute approximate surface area is 83.3 Å². The van der Waals surface area contributed by atoms with Gasteiger partial charge in [0.25, 0.3) is 0 Å². The molecule has 2 nitrogen and oxygen atoms in total. The van der Waals surface area contributed by atoms with E-state index in [1.807, 2.05) is 0 Å². The number of carbonyl (C=O) groups is 1. The molecular weight excluding hydrogens is 212 g/mol. The molecule has 0 unspecified atom stereocenters. The summed E-state index contributed by atoms with van der Waals surface area (Å²) in [5.41, 5.74) is 5.51. The van der Waals surface area contributed by atoms with E-state index in [9.17, 15) is 4.79 Å². The van der Waals surface area contributed by atoms with Crippen LogP contribution in [-0.4, -0.2) is 5.91 Å². The molecule has 1 rings (SSSR count). The van der Waals surface area contributed by atoms with Gasteiger partial charge in [-0.25, -0.2) is 0 Å². The van der Waals surface area contributed by atoms with E-state index in [0.29, 0.717) is 5.56 Å². The van der Waals surface area contributed by atoms with Crippen LogP contribution in [0.5, 0.6) is 0 Å². The van der Waals surface area contributed by atoms with Crippen molar-refractivity contribution >= 4 is 18.5 Å². The molecule has 1 aromatic carbocycles. The molecule has 1 aromatic rings. The maximum Gasteiger partial charge on any atom is 0.248 e. The first-order valence-corrected chi connectivity index (χ1v) is 3.23. The Morgan fingerprint density at radius 3 is 2.09 bits per heavy atom. The second-order valence-corrected chi connectivity index (χ2v) is 2.43. The van der Waals surface area contributed by atoms with Gasteiger partial charge in [0.2, 0.25) is 5.91 Å². The van der Waals surface area contributed by atoms with Crippen LogP contribution in [-0.2, 0) is 19.5 Å². The zero-order valence-electron chi connectivity index (χ0n) is 5.95. The first kappa shape index (κ1) is 10.7. The predicted molar refractivity (Wildman–Crippen MR) is 42.2 cm³/mol. The van der Waals surface area contributed by atoms with Gasteiger partial charge in [0.05, 0.1) is 0 Å². The van der Waals surface area contributed by atoms with Crippen LogP contribution in [0.4, 0.5) is 0 Å². The molecule has 1 amide bonds. The van der Waals surface area contributed by atoms with Crippen molar-refractivity contribution in [3.63, 3.8) is 0 Å². The Morgan fingerprint density at radius 2 is 1.73 bits per heavy atom. The number of benzene rings is 1. The molecule has 0 aliphatic carbocycles. The van der Waals surface area contributed by atoms with Crippen molar-refractivity contribution < 1.29 is 24.3 Å². The molecular formula is C7H7NOSZn. The summed E-state index contributed by atoms with van der Waals surface area (Å²) in [6.07, 6.45) is 0. The van der Waals surface area contributed by atoms with Gasteiger partial charge in [0.15, 0.2) is 0 Å². The summed E-state index contributed by atoms with van der Waals surface area (Å²) >= 11 is 4.05. The Morgan fingerprint density at radius 1 is 1.27 bits per heavy atom. The first-order valence-electron chi connectivity index (χ1n) is 2.79. The first-order chi connectivity index (χ1) is 4.70. The van der Waals surface area contributed by atoms with Crippen molar-refractivity contribution in [1.29, 1.82) is 0 Å². The van der Waals surface area contributed by atoms with Crippen molar-refractivity contribution in [2.45, 2.75) is 4.90 Å². The molecule has 0 spiro atoms. The van der Waals surface area contributed by atoms with Gasteiger partial charge in [-0.2, -0.15) is 0 Å². The molecule has 0 bridgehead atoms. The van der Waals surface area contributed by atoms with Gasteiger partial charge in [-0.15, -0.1) is 12.6 Å². The second kappa shape index (κ2) is 4.52. The number of carbonyl (C=O) groups excluding carboxylic acids is 1. The summed E-state index contributed by atoms with van der Waals surface area (Å²) in [4.78, 5) is 11.3. The number of hydrogen-bond donors (Lipinski definition) is 2. The average Bonchev–Trinajstić information content (AvgIpc) is 1.88. The molecule has 0 aromatic heterocycles. The third-order valence-corrected chi connectivity index (χ3v) is 1.45. The van der Waals surface area contributed by atoms with Crippen LogP contribution in [0.2, 0.25) is 0 Å². The number of primary amides is 1. The SMILES string of the molecule is NC(=O)c1ccc(S)cc1.[Zn]. The summed E-state index contributed by atoms with van der Waals surface area (Å²) in [5, 5.41) is 0. The standard InChI is InChI=1S/C7H7NOS.Zn/c8-7(9)5-1-3-6(10)4-2-5;/h1-4,10H,(H2,8,9);. The van der Waals surface area contributed by atoms with Crippen molar-refractivity contribution in [2.75, 3.05) is 0 Å². The number of thiol groups is 1. The normalized spacial score (nSPS) is 8.45. The Hall–Kier alpha value is -0.337. The summed E-state index contributed by atoms with van der Waals surface area (Å²) in [7, 11) is 0. The van der Waals surface area contributed by atoms with E-state index in [-0.39, 0.29) is 19.5 Å². The predicted octanol–water partition coefficient (Wildman–Crippen LogP) is 1.07. The van der Waals surface area contributed by atoms with Crippen molar-refractivity contribution in [2.24, 2.45) is 5.73 Å². The fourth-order valence-corrected chi connectivity index (χ4v) is 0.775. The van der Waals surface area contributed by atoms with Gasteiger partial charge in [-0.3, -0.25) is 4.79 Å². The van der Waals surface area contributed by atoms with Gasteiger partial charge in [-0.1, -0.05) is 0 Å². The minimum atomic E-state index is -0.409. The molecule has 0 fully saturated rings. The molecule has 11 heavy (non-hydrogen) atoms. The van der Waals surface area contributed by atoms with Crippen LogP contribution >= 0.6 is 12.6 Å². The molecule has 0 saturated carbocycles. The van der Waals surface area contributed by atoms with E-state index in [2.05, 4.69) is 12.6 Å². The molecule has 0 radical (unpaired) electrons. The maximum absolute atomic E-state index is 10.5. The quantitative estimate of drug-likeness (QED) is 0.538. The second-order valence-electron chi connectivity index (χ2n) is 1.91. The molecule has 2 N–H and O–H groups in total. The summed E-state index contributed by atoms with van der Waals surface area (Å²) in [6, 6.07) is 6.74. The molecule has 0 heterocycles. The fraction of sp³-hybridized carbons (Fsp3) is 0. The van der Waals surface area contributed by atoms with Gasteiger partial charge in [-0.05, 0) is 24.3 Å². The Bertz CT molecular complexity index is 247. The zero-order chi connectivity index (χ0) is 7.56. The third kappa shape index (κ3) is 3.04. The monoisotopic (exact) mass is 217 g/mol. The maximum atomic E-state index is 10.5. The fourth-order valence-electron chi connectivity index (χ4n) is 0.626. The van der Waals surface area contributed by atoms with Crippen LogP contribution in [0.3, 0.4) is 0 Å². The number of hydrogen-bond acceptors (Lipinski definition) is 2. The minimum absolute atomic E-state index is 0. The van der Waals surface area contributed by atoms with Gasteiger partial charge < -0.3 is 5.73 Å². The average molecular weight is 219 g/mol. The number of amides is 1. The van der Waals surface area contributed by atoms with Gasteiger partial charge in [0, 0.05) is 29.9 Å². The third-order valence-electron chi connectivity index (χ3n) is 1.15. The Kier molecular flexibility index (Phi) is 4.38. The molecule has 54 valence electrons. The van der Waals surface area contributed by atoms with E-state index < -0.39 is 5.91 Å². The van der Waals surface area contributed by atoms with Crippen molar-refractivity contribution in [1.82, 2.24) is 0 Å². The summed E-state index contributed by atoms with van der Waals surface area (Å²) < 4.78 is 0. The van der Waals surface area contributed by atoms with Crippen LogP contribution in [0.15, 0.2) is 29.2 Å². The van der Waals surface area contributed by atoms with E-state index in [4.69, 9.17) is 5.73 Å². The Balaban J connectivity index is 0.000001000. The molecule has 0 saturated heterocycles. The largest absolute Gasteiger partial charge is 0.366 e. The summed E-state index contributed by atoms with van der Waals surface area (Å²) in [6.45, 7) is 0. The van der Waals surface area contributed by atoms with Crippen LogP contribution in [0.25, 0.3) is 0 Å². The van der Waals surface area contributed by atoms with Gasteiger partial charge >= 0.3 is 0 Å². The smallest absolute Gasteiger partial charge is 0.248 e. The van der Waals surface area contributed by atoms with Crippen molar-refractivity contribution in [3.05, 3.63) is 29.8 Å². The number of rotatable bonds is 1. The van der Waals surface area contributed by atoms with Crippen molar-refractivity contribution in [3.8, 4) is 0 Å². The van der Waals surface area contributed by atoms with Crippen LogP contribution in [0.1, 0.15) is 10.4 Å². The van der Waals surface area contributed by atoms with Crippen LogP contribution < -0.4 is 5.73 Å². The van der Waals surface area contributed by atoms with E-state index in [1.165, 1.54) is 0 Å². The van der Waals surface area contributed by atoms with Crippen LogP contribution in [0, 0.1) is 0 Å². The van der Waals surface area contributed by atoms with E-state index in [0.717, 1.165) is 4.90 Å². The molecule has 0 aliphatic heterocycles. The minimum Gasteiger partial charge on any atom is -0.366 e. The molecule has 0 atom stereocenters. The topological polar surface area (TPSA) is 43.1 Å². The molecule has 0 aliphatic rings. The number of nitrogens with two attached hydrogens (primary N) is 1. The molecule has 4 heteroatoms. The van der Waals surface area contributed by atoms with Gasteiger partial charge in [0.1, 0.15) is 0 Å². The van der Waals surface area contributed by atoms with E-state index in [1.54, 1.807) is 24.3 Å². The van der Waals surface area contributed by atoms with E-state index >= 15 is 0 Å².